The van der Waals surface area contributed by atoms with Gasteiger partial charge in [-0.25, -0.2) is 4.98 Å². The second kappa shape index (κ2) is 5.88. The van der Waals surface area contributed by atoms with Gasteiger partial charge in [0, 0.05) is 18.8 Å². The summed E-state index contributed by atoms with van der Waals surface area (Å²) >= 11 is 1.39. The predicted octanol–water partition coefficient (Wildman–Crippen LogP) is 2.61. The predicted molar refractivity (Wildman–Crippen MR) is 85.5 cm³/mol. The highest BCUT2D eigenvalue weighted by molar-refractivity contribution is 7.13. The van der Waals surface area contributed by atoms with Crippen LogP contribution >= 0.6 is 11.3 Å². The fourth-order valence-corrected chi connectivity index (χ4v) is 3.51. The molecule has 0 radical (unpaired) electrons. The van der Waals surface area contributed by atoms with Crippen molar-refractivity contribution in [1.82, 2.24) is 9.88 Å². The van der Waals surface area contributed by atoms with Gasteiger partial charge in [-0.05, 0) is 12.5 Å². The van der Waals surface area contributed by atoms with Gasteiger partial charge in [0.2, 0.25) is 11.8 Å². The Morgan fingerprint density at radius 1 is 1.36 bits per heavy atom. The van der Waals surface area contributed by atoms with Gasteiger partial charge < -0.3 is 10.2 Å². The molecule has 2 amide bonds. The van der Waals surface area contributed by atoms with Crippen LogP contribution < -0.4 is 5.32 Å². The van der Waals surface area contributed by atoms with Gasteiger partial charge in [0.05, 0.1) is 17.7 Å². The minimum atomic E-state index is -0.399. The van der Waals surface area contributed by atoms with E-state index in [-0.39, 0.29) is 24.3 Å². The maximum absolute atomic E-state index is 12.6. The molecule has 114 valence electrons. The molecule has 2 aromatic rings. The maximum atomic E-state index is 12.6. The van der Waals surface area contributed by atoms with Crippen LogP contribution in [-0.4, -0.2) is 28.7 Å². The topological polar surface area (TPSA) is 62.3 Å². The fourth-order valence-electron chi connectivity index (χ4n) is 2.82. The highest BCUT2D eigenvalue weighted by Crippen LogP contribution is 2.37. The average Bonchev–Trinajstić information content (AvgIpc) is 3.04. The van der Waals surface area contributed by atoms with Crippen LogP contribution in [0.2, 0.25) is 0 Å². The molecule has 1 aliphatic rings. The number of benzene rings is 1. The summed E-state index contributed by atoms with van der Waals surface area (Å²) in [6, 6.07) is 9.44. The molecule has 1 fully saturated rings. The van der Waals surface area contributed by atoms with Gasteiger partial charge in [-0.2, -0.15) is 0 Å². The second-order valence-corrected chi connectivity index (χ2v) is 6.31. The van der Waals surface area contributed by atoms with Crippen molar-refractivity contribution in [2.75, 3.05) is 12.4 Å². The number of anilines is 1. The zero-order valence-electron chi connectivity index (χ0n) is 12.4. The summed E-state index contributed by atoms with van der Waals surface area (Å²) in [5, 5.41) is 5.30. The Kier molecular flexibility index (Phi) is 3.94. The van der Waals surface area contributed by atoms with Gasteiger partial charge in [-0.15, -0.1) is 11.3 Å². The first-order valence-electron chi connectivity index (χ1n) is 7.10. The third-order valence-corrected chi connectivity index (χ3v) is 4.79. The lowest BCUT2D eigenvalue weighted by atomic mass is 9.93. The number of carbonyl (C=O) groups is 2. The Balaban J connectivity index is 1.84. The normalized spacial score (nSPS) is 21.2. The molecule has 0 saturated carbocycles. The van der Waals surface area contributed by atoms with Crippen molar-refractivity contribution in [3.8, 4) is 0 Å². The monoisotopic (exact) mass is 315 g/mol. The van der Waals surface area contributed by atoms with E-state index in [4.69, 9.17) is 0 Å². The third kappa shape index (κ3) is 2.74. The number of aromatic nitrogens is 1. The summed E-state index contributed by atoms with van der Waals surface area (Å²) in [6.45, 7) is 1.88. The molecular formula is C16H17N3O2S. The number of thiazole rings is 1. The number of amides is 2. The van der Waals surface area contributed by atoms with Crippen LogP contribution in [0.25, 0.3) is 0 Å². The van der Waals surface area contributed by atoms with Gasteiger partial charge in [-0.3, -0.25) is 9.59 Å². The highest BCUT2D eigenvalue weighted by Gasteiger charge is 2.42. The van der Waals surface area contributed by atoms with E-state index in [1.165, 1.54) is 11.3 Å². The Labute approximate surface area is 133 Å². The zero-order chi connectivity index (χ0) is 15.7. The van der Waals surface area contributed by atoms with E-state index in [9.17, 15) is 9.59 Å². The molecule has 2 heterocycles. The van der Waals surface area contributed by atoms with Crippen LogP contribution in [0.4, 0.5) is 5.13 Å². The molecule has 0 unspecified atom stereocenters. The lowest BCUT2D eigenvalue weighted by Gasteiger charge is -2.24. The van der Waals surface area contributed by atoms with Crippen LogP contribution in [-0.2, 0) is 9.59 Å². The maximum Gasteiger partial charge on any atom is 0.232 e. The Bertz CT molecular complexity index is 698. The quantitative estimate of drug-likeness (QED) is 0.947. The first-order valence-corrected chi connectivity index (χ1v) is 7.98. The number of nitrogens with one attached hydrogen (secondary N) is 1. The number of likely N-dealkylation sites (tertiary alicyclic amines) is 1. The Morgan fingerprint density at radius 3 is 2.73 bits per heavy atom. The average molecular weight is 315 g/mol. The lowest BCUT2D eigenvalue weighted by Crippen LogP contribution is -2.29. The molecule has 1 saturated heterocycles. The summed E-state index contributed by atoms with van der Waals surface area (Å²) in [6.07, 6.45) is 0.228. The van der Waals surface area contributed by atoms with Crippen LogP contribution in [0.15, 0.2) is 35.7 Å². The Hall–Kier alpha value is -2.21. The molecule has 0 aliphatic carbocycles. The zero-order valence-corrected chi connectivity index (χ0v) is 13.3. The largest absolute Gasteiger partial charge is 0.338 e. The summed E-state index contributed by atoms with van der Waals surface area (Å²) in [4.78, 5) is 30.5. The van der Waals surface area contributed by atoms with Crippen molar-refractivity contribution in [1.29, 1.82) is 0 Å². The molecule has 22 heavy (non-hydrogen) atoms. The molecular weight excluding hydrogens is 298 g/mol. The molecule has 1 aromatic heterocycles. The number of hydrogen-bond acceptors (Lipinski definition) is 4. The number of nitrogens with zero attached hydrogens (tertiary/aromatic N) is 2. The van der Waals surface area contributed by atoms with Gasteiger partial charge in [0.15, 0.2) is 5.13 Å². The van der Waals surface area contributed by atoms with Gasteiger partial charge in [-0.1, -0.05) is 30.3 Å². The standard InChI is InChI=1S/C16H17N3O2S/c1-10-9-22-16(17-10)18-15(21)12-8-13(20)19(2)14(12)11-6-4-3-5-7-11/h3-7,9,12,14H,8H2,1-2H3,(H,17,18,21)/t12-,14-/m0/s1. The van der Waals surface area contributed by atoms with Crippen LogP contribution in [0, 0.1) is 12.8 Å². The molecule has 1 aromatic carbocycles. The van der Waals surface area contributed by atoms with Crippen molar-refractivity contribution in [2.24, 2.45) is 5.92 Å². The minimum Gasteiger partial charge on any atom is -0.338 e. The number of hydrogen-bond donors (Lipinski definition) is 1. The van der Waals surface area contributed by atoms with E-state index in [0.717, 1.165) is 11.3 Å². The summed E-state index contributed by atoms with van der Waals surface area (Å²) in [5.74, 6) is -0.561. The molecule has 2 atom stereocenters. The van der Waals surface area contributed by atoms with Gasteiger partial charge in [0.25, 0.3) is 0 Å². The Morgan fingerprint density at radius 2 is 2.09 bits per heavy atom. The molecule has 5 nitrogen and oxygen atoms in total. The van der Waals surface area contributed by atoms with Crippen molar-refractivity contribution in [3.05, 3.63) is 47.0 Å². The van der Waals surface area contributed by atoms with E-state index in [0.29, 0.717) is 5.13 Å². The van der Waals surface area contributed by atoms with Crippen molar-refractivity contribution < 1.29 is 9.59 Å². The first kappa shape index (κ1) is 14.7. The first-order chi connectivity index (χ1) is 10.6. The molecule has 3 rings (SSSR count). The van der Waals surface area contributed by atoms with Crippen LogP contribution in [0.3, 0.4) is 0 Å². The van der Waals surface area contributed by atoms with Crippen molar-refractivity contribution in [2.45, 2.75) is 19.4 Å². The fraction of sp³-hybridized carbons (Fsp3) is 0.312. The van der Waals surface area contributed by atoms with Crippen LogP contribution in [0.5, 0.6) is 0 Å². The van der Waals surface area contributed by atoms with E-state index in [1.807, 2.05) is 42.6 Å². The summed E-state index contributed by atoms with van der Waals surface area (Å²) in [7, 11) is 1.75. The van der Waals surface area contributed by atoms with Gasteiger partial charge >= 0.3 is 0 Å². The van der Waals surface area contributed by atoms with E-state index in [2.05, 4.69) is 10.3 Å². The van der Waals surface area contributed by atoms with E-state index < -0.39 is 5.92 Å². The summed E-state index contributed by atoms with van der Waals surface area (Å²) in [5.41, 5.74) is 1.85. The van der Waals surface area contributed by atoms with E-state index in [1.54, 1.807) is 11.9 Å². The van der Waals surface area contributed by atoms with E-state index >= 15 is 0 Å². The smallest absolute Gasteiger partial charge is 0.232 e. The number of rotatable bonds is 3. The molecule has 0 bridgehead atoms. The number of aryl methyl sites for hydroxylation is 1. The summed E-state index contributed by atoms with van der Waals surface area (Å²) < 4.78 is 0. The van der Waals surface area contributed by atoms with Crippen molar-refractivity contribution in [3.63, 3.8) is 0 Å². The second-order valence-electron chi connectivity index (χ2n) is 5.45. The lowest BCUT2D eigenvalue weighted by molar-refractivity contribution is -0.127. The third-order valence-electron chi connectivity index (χ3n) is 3.91. The SMILES string of the molecule is Cc1csc(NC(=O)[C@H]2CC(=O)N(C)[C@H]2c2ccccc2)n1. The molecule has 1 aliphatic heterocycles. The number of carbonyl (C=O) groups excluding carboxylic acids is 2. The molecule has 6 heteroatoms. The minimum absolute atomic E-state index is 0.00989. The molecule has 1 N–H and O–H groups in total. The van der Waals surface area contributed by atoms with Crippen molar-refractivity contribution >= 4 is 28.3 Å². The van der Waals surface area contributed by atoms with Crippen LogP contribution in [0.1, 0.15) is 23.7 Å². The van der Waals surface area contributed by atoms with Gasteiger partial charge in [0.1, 0.15) is 0 Å². The molecule has 0 spiro atoms. The highest BCUT2D eigenvalue weighted by atomic mass is 32.1.